The van der Waals surface area contributed by atoms with E-state index >= 15 is 0 Å². The van der Waals surface area contributed by atoms with E-state index in [1.54, 1.807) is 0 Å². The Morgan fingerprint density at radius 1 is 1.00 bits per heavy atom. The first-order valence-electron chi connectivity index (χ1n) is 5.52. The summed E-state index contributed by atoms with van der Waals surface area (Å²) in [6.07, 6.45) is 0. The molecule has 0 saturated carbocycles. The van der Waals surface area contributed by atoms with Crippen molar-refractivity contribution in [1.29, 1.82) is 0 Å². The second-order valence-electron chi connectivity index (χ2n) is 3.83. The zero-order chi connectivity index (χ0) is 12.1. The van der Waals surface area contributed by atoms with Crippen LogP contribution in [0.15, 0.2) is 48.5 Å². The van der Waals surface area contributed by atoms with Crippen LogP contribution in [0.1, 0.15) is 11.1 Å². The fourth-order valence-corrected chi connectivity index (χ4v) is 1.77. The zero-order valence-corrected chi connectivity index (χ0v) is 9.70. The van der Waals surface area contributed by atoms with Crippen LogP contribution in [-0.4, -0.2) is 6.67 Å². The standard InChI is InChI=1S/C16H13F/c1-13-5-2-3-7-16(13)15-10-8-14(9-11-15)6-4-12-17/h2-3,5,7-11H,12H2,1H3. The van der Waals surface area contributed by atoms with Crippen LogP contribution in [0.5, 0.6) is 0 Å². The van der Waals surface area contributed by atoms with Crippen molar-refractivity contribution in [2.75, 3.05) is 6.67 Å². The minimum absolute atomic E-state index is 0.598. The van der Waals surface area contributed by atoms with Gasteiger partial charge in [0.15, 0.2) is 6.67 Å². The Bertz CT molecular complexity index is 556. The molecule has 2 rings (SSSR count). The van der Waals surface area contributed by atoms with E-state index in [9.17, 15) is 4.39 Å². The highest BCUT2D eigenvalue weighted by molar-refractivity contribution is 5.67. The number of rotatable bonds is 1. The highest BCUT2D eigenvalue weighted by Crippen LogP contribution is 2.22. The minimum Gasteiger partial charge on any atom is -0.237 e. The lowest BCUT2D eigenvalue weighted by molar-refractivity contribution is 0.573. The van der Waals surface area contributed by atoms with E-state index < -0.39 is 6.67 Å². The molecule has 0 atom stereocenters. The minimum atomic E-state index is -0.598. The smallest absolute Gasteiger partial charge is 0.150 e. The fraction of sp³-hybridized carbons (Fsp3) is 0.125. The second kappa shape index (κ2) is 5.32. The van der Waals surface area contributed by atoms with Gasteiger partial charge in [0.1, 0.15) is 0 Å². The summed E-state index contributed by atoms with van der Waals surface area (Å²) < 4.78 is 11.9. The molecule has 0 saturated heterocycles. The third-order valence-corrected chi connectivity index (χ3v) is 2.64. The molecule has 0 aromatic heterocycles. The summed E-state index contributed by atoms with van der Waals surface area (Å²) in [5.74, 6) is 5.18. The molecule has 17 heavy (non-hydrogen) atoms. The molecule has 0 radical (unpaired) electrons. The van der Waals surface area contributed by atoms with E-state index in [0.29, 0.717) is 0 Å². The van der Waals surface area contributed by atoms with Crippen LogP contribution < -0.4 is 0 Å². The third kappa shape index (κ3) is 2.73. The maximum Gasteiger partial charge on any atom is 0.150 e. The topological polar surface area (TPSA) is 0 Å². The number of aryl methyl sites for hydroxylation is 1. The van der Waals surface area contributed by atoms with Gasteiger partial charge in [0.25, 0.3) is 0 Å². The highest BCUT2D eigenvalue weighted by atomic mass is 19.1. The molecule has 1 heteroatoms. The highest BCUT2D eigenvalue weighted by Gasteiger charge is 1.99. The second-order valence-corrected chi connectivity index (χ2v) is 3.83. The molecule has 0 heterocycles. The first-order chi connectivity index (χ1) is 8.31. The van der Waals surface area contributed by atoms with Crippen LogP contribution in [0, 0.1) is 18.8 Å². The van der Waals surface area contributed by atoms with Gasteiger partial charge in [-0.15, -0.1) is 0 Å². The molecular weight excluding hydrogens is 211 g/mol. The number of alkyl halides is 1. The average molecular weight is 224 g/mol. The van der Waals surface area contributed by atoms with Crippen molar-refractivity contribution in [3.8, 4) is 23.0 Å². The van der Waals surface area contributed by atoms with Gasteiger partial charge in [0.2, 0.25) is 0 Å². The largest absolute Gasteiger partial charge is 0.237 e. The first kappa shape index (κ1) is 11.4. The lowest BCUT2D eigenvalue weighted by Gasteiger charge is -2.05. The summed E-state index contributed by atoms with van der Waals surface area (Å²) in [5.41, 5.74) is 4.47. The summed E-state index contributed by atoms with van der Waals surface area (Å²) in [4.78, 5) is 0. The molecule has 2 aromatic rings. The van der Waals surface area contributed by atoms with Crippen molar-refractivity contribution >= 4 is 0 Å². The molecule has 0 spiro atoms. The van der Waals surface area contributed by atoms with E-state index in [-0.39, 0.29) is 0 Å². The number of halogens is 1. The van der Waals surface area contributed by atoms with Gasteiger partial charge in [-0.05, 0) is 35.7 Å². The Balaban J connectivity index is 2.33. The van der Waals surface area contributed by atoms with Gasteiger partial charge in [-0.2, -0.15) is 0 Å². The molecule has 0 aliphatic heterocycles. The molecule has 0 amide bonds. The summed E-state index contributed by atoms with van der Waals surface area (Å²) in [5, 5.41) is 0. The first-order valence-corrected chi connectivity index (χ1v) is 5.52. The van der Waals surface area contributed by atoms with Gasteiger partial charge in [0, 0.05) is 5.56 Å². The average Bonchev–Trinajstić information content (AvgIpc) is 2.38. The summed E-state index contributed by atoms with van der Waals surface area (Å²) in [7, 11) is 0. The Labute approximate surface area is 101 Å². The van der Waals surface area contributed by atoms with E-state index in [1.165, 1.54) is 11.1 Å². The van der Waals surface area contributed by atoms with Gasteiger partial charge in [-0.1, -0.05) is 48.2 Å². The Morgan fingerprint density at radius 2 is 1.71 bits per heavy atom. The van der Waals surface area contributed by atoms with Crippen molar-refractivity contribution in [3.05, 3.63) is 59.7 Å². The lowest BCUT2D eigenvalue weighted by Crippen LogP contribution is -1.83. The van der Waals surface area contributed by atoms with Gasteiger partial charge in [-0.25, -0.2) is 4.39 Å². The Kier molecular flexibility index (Phi) is 3.57. The van der Waals surface area contributed by atoms with Crippen LogP contribution in [-0.2, 0) is 0 Å². The van der Waals surface area contributed by atoms with Gasteiger partial charge in [0.05, 0.1) is 0 Å². The normalized spacial score (nSPS) is 9.53. The van der Waals surface area contributed by atoms with E-state index in [4.69, 9.17) is 0 Å². The predicted octanol–water partition coefficient (Wildman–Crippen LogP) is 3.98. The molecule has 0 N–H and O–H groups in total. The maximum atomic E-state index is 11.9. The monoisotopic (exact) mass is 224 g/mol. The predicted molar refractivity (Wildman–Crippen MR) is 69.5 cm³/mol. The molecule has 0 aliphatic rings. The third-order valence-electron chi connectivity index (χ3n) is 2.64. The number of hydrogen-bond donors (Lipinski definition) is 0. The Hall–Kier alpha value is -2.07. The van der Waals surface area contributed by atoms with E-state index in [0.717, 1.165) is 11.1 Å². The molecule has 0 nitrogen and oxygen atoms in total. The van der Waals surface area contributed by atoms with Crippen molar-refractivity contribution < 1.29 is 4.39 Å². The molecule has 84 valence electrons. The van der Waals surface area contributed by atoms with Crippen LogP contribution in [0.3, 0.4) is 0 Å². The summed E-state index contributed by atoms with van der Waals surface area (Å²) in [6.45, 7) is 1.49. The summed E-state index contributed by atoms with van der Waals surface area (Å²) >= 11 is 0. The lowest BCUT2D eigenvalue weighted by atomic mass is 10.00. The van der Waals surface area contributed by atoms with Crippen molar-refractivity contribution in [3.63, 3.8) is 0 Å². The quantitative estimate of drug-likeness (QED) is 0.643. The van der Waals surface area contributed by atoms with Crippen LogP contribution in [0.2, 0.25) is 0 Å². The molecule has 0 aliphatic carbocycles. The summed E-state index contributed by atoms with van der Waals surface area (Å²) in [6, 6.07) is 16.1. The van der Waals surface area contributed by atoms with Crippen molar-refractivity contribution in [2.45, 2.75) is 6.92 Å². The van der Waals surface area contributed by atoms with Crippen LogP contribution in [0.4, 0.5) is 4.39 Å². The SMILES string of the molecule is Cc1ccccc1-c1ccc(C#CCF)cc1. The molecular formula is C16H13F. The van der Waals surface area contributed by atoms with Crippen molar-refractivity contribution in [1.82, 2.24) is 0 Å². The molecule has 0 bridgehead atoms. The van der Waals surface area contributed by atoms with Gasteiger partial charge in [-0.3, -0.25) is 0 Å². The molecule has 2 aromatic carbocycles. The van der Waals surface area contributed by atoms with E-state index in [1.807, 2.05) is 36.4 Å². The molecule has 0 fully saturated rings. The van der Waals surface area contributed by atoms with Gasteiger partial charge < -0.3 is 0 Å². The van der Waals surface area contributed by atoms with Crippen LogP contribution in [0.25, 0.3) is 11.1 Å². The van der Waals surface area contributed by atoms with Gasteiger partial charge >= 0.3 is 0 Å². The number of benzene rings is 2. The van der Waals surface area contributed by atoms with E-state index in [2.05, 4.69) is 30.9 Å². The molecule has 0 unspecified atom stereocenters. The Morgan fingerprint density at radius 3 is 2.35 bits per heavy atom. The number of hydrogen-bond acceptors (Lipinski definition) is 0. The fourth-order valence-electron chi connectivity index (χ4n) is 1.77. The van der Waals surface area contributed by atoms with Crippen molar-refractivity contribution in [2.24, 2.45) is 0 Å². The maximum absolute atomic E-state index is 11.9. The van der Waals surface area contributed by atoms with Crippen LogP contribution >= 0.6 is 0 Å². The zero-order valence-electron chi connectivity index (χ0n) is 9.70.